The minimum absolute atomic E-state index is 0.294. The van der Waals surface area contributed by atoms with E-state index in [0.29, 0.717) is 17.3 Å². The Hall–Kier alpha value is -1.75. The van der Waals surface area contributed by atoms with Crippen molar-refractivity contribution in [2.45, 2.75) is 19.8 Å². The highest BCUT2D eigenvalue weighted by Crippen LogP contribution is 2.21. The SMILES string of the molecule is CNCCCc1nc(-c2cc(F)ccc2C)no1. The standard InChI is InChI=1S/C13H16FN3O/c1-9-5-6-10(14)8-11(9)13-16-12(18-17-13)4-3-7-15-2/h5-6,8,15H,3-4,7H2,1-2H3. The quantitative estimate of drug-likeness (QED) is 0.826. The van der Waals surface area contributed by atoms with Crippen molar-refractivity contribution in [3.63, 3.8) is 0 Å². The molecule has 1 aromatic carbocycles. The number of hydrogen-bond acceptors (Lipinski definition) is 4. The van der Waals surface area contributed by atoms with E-state index in [4.69, 9.17) is 4.52 Å². The summed E-state index contributed by atoms with van der Waals surface area (Å²) in [6, 6.07) is 4.56. The van der Waals surface area contributed by atoms with Gasteiger partial charge in [-0.05, 0) is 44.6 Å². The van der Waals surface area contributed by atoms with Gasteiger partial charge in [-0.1, -0.05) is 11.2 Å². The minimum Gasteiger partial charge on any atom is -0.339 e. The number of rotatable bonds is 5. The van der Waals surface area contributed by atoms with Gasteiger partial charge in [0.1, 0.15) is 5.82 Å². The predicted molar refractivity (Wildman–Crippen MR) is 66.7 cm³/mol. The van der Waals surface area contributed by atoms with Gasteiger partial charge in [0.15, 0.2) is 0 Å². The number of benzene rings is 1. The first-order valence-electron chi connectivity index (χ1n) is 5.94. The first-order chi connectivity index (χ1) is 8.70. The molecule has 1 heterocycles. The lowest BCUT2D eigenvalue weighted by atomic mass is 10.1. The summed E-state index contributed by atoms with van der Waals surface area (Å²) < 4.78 is 18.3. The van der Waals surface area contributed by atoms with Gasteiger partial charge in [0.2, 0.25) is 11.7 Å². The Bertz CT molecular complexity index is 525. The van der Waals surface area contributed by atoms with Crippen molar-refractivity contribution < 1.29 is 8.91 Å². The van der Waals surface area contributed by atoms with Crippen molar-refractivity contribution in [1.29, 1.82) is 0 Å². The van der Waals surface area contributed by atoms with Crippen molar-refractivity contribution in [2.75, 3.05) is 13.6 Å². The normalized spacial score (nSPS) is 10.8. The first kappa shape index (κ1) is 12.7. The van der Waals surface area contributed by atoms with Gasteiger partial charge in [-0.2, -0.15) is 4.98 Å². The fourth-order valence-corrected chi connectivity index (χ4v) is 1.72. The maximum atomic E-state index is 13.2. The molecule has 0 aliphatic rings. The summed E-state index contributed by atoms with van der Waals surface area (Å²) in [6.45, 7) is 2.79. The third kappa shape index (κ3) is 2.92. The number of aryl methyl sites for hydroxylation is 2. The van der Waals surface area contributed by atoms with Crippen LogP contribution in [0.25, 0.3) is 11.4 Å². The zero-order valence-electron chi connectivity index (χ0n) is 10.5. The number of aromatic nitrogens is 2. The van der Waals surface area contributed by atoms with Crippen LogP contribution in [-0.2, 0) is 6.42 Å². The number of hydrogen-bond donors (Lipinski definition) is 1. The van der Waals surface area contributed by atoms with Crippen molar-refractivity contribution >= 4 is 0 Å². The van der Waals surface area contributed by atoms with E-state index in [1.54, 1.807) is 6.07 Å². The summed E-state index contributed by atoms with van der Waals surface area (Å²) in [5.41, 5.74) is 1.61. The second kappa shape index (κ2) is 5.73. The van der Waals surface area contributed by atoms with Crippen molar-refractivity contribution in [3.05, 3.63) is 35.5 Å². The molecule has 0 amide bonds. The molecule has 0 fully saturated rings. The van der Waals surface area contributed by atoms with Crippen LogP contribution in [0.15, 0.2) is 22.7 Å². The molecule has 4 nitrogen and oxygen atoms in total. The van der Waals surface area contributed by atoms with E-state index >= 15 is 0 Å². The van der Waals surface area contributed by atoms with Crippen LogP contribution in [0.3, 0.4) is 0 Å². The van der Waals surface area contributed by atoms with Crippen LogP contribution in [0, 0.1) is 12.7 Å². The van der Waals surface area contributed by atoms with Crippen LogP contribution in [0.5, 0.6) is 0 Å². The molecule has 0 saturated carbocycles. The average Bonchev–Trinajstić information content (AvgIpc) is 2.81. The lowest BCUT2D eigenvalue weighted by Crippen LogP contribution is -2.08. The van der Waals surface area contributed by atoms with Crippen LogP contribution < -0.4 is 5.32 Å². The molecule has 18 heavy (non-hydrogen) atoms. The zero-order chi connectivity index (χ0) is 13.0. The van der Waals surface area contributed by atoms with Gasteiger partial charge in [-0.15, -0.1) is 0 Å². The predicted octanol–water partition coefficient (Wildman–Crippen LogP) is 2.34. The Kier molecular flexibility index (Phi) is 4.04. The van der Waals surface area contributed by atoms with E-state index in [0.717, 1.165) is 24.9 Å². The summed E-state index contributed by atoms with van der Waals surface area (Å²) in [5, 5.41) is 6.95. The largest absolute Gasteiger partial charge is 0.339 e. The second-order valence-electron chi connectivity index (χ2n) is 4.18. The van der Waals surface area contributed by atoms with Crippen molar-refractivity contribution in [2.24, 2.45) is 0 Å². The molecule has 96 valence electrons. The highest BCUT2D eigenvalue weighted by molar-refractivity contribution is 5.59. The van der Waals surface area contributed by atoms with Crippen LogP contribution in [0.4, 0.5) is 4.39 Å². The van der Waals surface area contributed by atoms with Gasteiger partial charge in [-0.25, -0.2) is 4.39 Å². The molecular formula is C13H16FN3O. The lowest BCUT2D eigenvalue weighted by Gasteiger charge is -1.99. The van der Waals surface area contributed by atoms with Gasteiger partial charge in [0.25, 0.3) is 0 Å². The Morgan fingerprint density at radius 1 is 1.39 bits per heavy atom. The molecule has 0 aliphatic carbocycles. The topological polar surface area (TPSA) is 51.0 Å². The van der Waals surface area contributed by atoms with Gasteiger partial charge in [-0.3, -0.25) is 0 Å². The van der Waals surface area contributed by atoms with Crippen LogP contribution >= 0.6 is 0 Å². The summed E-state index contributed by atoms with van der Waals surface area (Å²) in [7, 11) is 1.90. The minimum atomic E-state index is -0.294. The molecule has 2 rings (SSSR count). The smallest absolute Gasteiger partial charge is 0.227 e. The Morgan fingerprint density at radius 2 is 2.22 bits per heavy atom. The van der Waals surface area contributed by atoms with E-state index in [1.807, 2.05) is 14.0 Å². The molecule has 0 unspecified atom stereocenters. The summed E-state index contributed by atoms with van der Waals surface area (Å²) >= 11 is 0. The number of nitrogens with one attached hydrogen (secondary N) is 1. The fourth-order valence-electron chi connectivity index (χ4n) is 1.72. The van der Waals surface area contributed by atoms with Crippen LogP contribution in [0.1, 0.15) is 17.9 Å². The third-order valence-electron chi connectivity index (χ3n) is 2.73. The summed E-state index contributed by atoms with van der Waals surface area (Å²) in [4.78, 5) is 4.28. The second-order valence-corrected chi connectivity index (χ2v) is 4.18. The molecule has 2 aromatic rings. The molecule has 5 heteroatoms. The zero-order valence-corrected chi connectivity index (χ0v) is 10.5. The summed E-state index contributed by atoms with van der Waals surface area (Å²) in [6.07, 6.45) is 1.66. The highest BCUT2D eigenvalue weighted by atomic mass is 19.1. The van der Waals surface area contributed by atoms with E-state index in [-0.39, 0.29) is 5.82 Å². The van der Waals surface area contributed by atoms with E-state index in [2.05, 4.69) is 15.5 Å². The van der Waals surface area contributed by atoms with E-state index in [9.17, 15) is 4.39 Å². The maximum absolute atomic E-state index is 13.2. The Balaban J connectivity index is 2.16. The molecule has 1 N–H and O–H groups in total. The molecule has 0 spiro atoms. The molecule has 0 saturated heterocycles. The van der Waals surface area contributed by atoms with Crippen molar-refractivity contribution in [1.82, 2.24) is 15.5 Å². The van der Waals surface area contributed by atoms with Crippen LogP contribution in [0.2, 0.25) is 0 Å². The Morgan fingerprint density at radius 3 is 3.00 bits per heavy atom. The van der Waals surface area contributed by atoms with Crippen molar-refractivity contribution in [3.8, 4) is 11.4 Å². The van der Waals surface area contributed by atoms with Gasteiger partial charge >= 0.3 is 0 Å². The highest BCUT2D eigenvalue weighted by Gasteiger charge is 2.11. The Labute approximate surface area is 105 Å². The van der Waals surface area contributed by atoms with E-state index in [1.165, 1.54) is 12.1 Å². The van der Waals surface area contributed by atoms with E-state index < -0.39 is 0 Å². The monoisotopic (exact) mass is 249 g/mol. The third-order valence-corrected chi connectivity index (χ3v) is 2.73. The summed E-state index contributed by atoms with van der Waals surface area (Å²) in [5.74, 6) is 0.743. The van der Waals surface area contributed by atoms with Gasteiger partial charge in [0.05, 0.1) is 0 Å². The molecular weight excluding hydrogens is 233 g/mol. The fraction of sp³-hybridized carbons (Fsp3) is 0.385. The first-order valence-corrected chi connectivity index (χ1v) is 5.94. The number of nitrogens with zero attached hydrogens (tertiary/aromatic N) is 2. The molecule has 0 atom stereocenters. The molecule has 1 aromatic heterocycles. The van der Waals surface area contributed by atoms with Crippen LogP contribution in [-0.4, -0.2) is 23.7 Å². The van der Waals surface area contributed by atoms with Gasteiger partial charge in [0, 0.05) is 12.0 Å². The molecule has 0 radical (unpaired) electrons. The molecule has 0 aliphatic heterocycles. The molecule has 0 bridgehead atoms. The van der Waals surface area contributed by atoms with Gasteiger partial charge < -0.3 is 9.84 Å². The number of halogens is 1. The maximum Gasteiger partial charge on any atom is 0.227 e. The lowest BCUT2D eigenvalue weighted by molar-refractivity contribution is 0.375. The average molecular weight is 249 g/mol.